The minimum atomic E-state index is -2.92. The summed E-state index contributed by atoms with van der Waals surface area (Å²) in [6.07, 6.45) is 4.74. The Morgan fingerprint density at radius 3 is 2.06 bits per heavy atom. The highest BCUT2D eigenvalue weighted by Gasteiger charge is 2.54. The number of cyclic esters (lactones) is 1. The Kier molecular flexibility index (Phi) is 8.08. The zero-order valence-corrected chi connectivity index (χ0v) is 22.7. The van der Waals surface area contributed by atoms with Crippen LogP contribution in [0.3, 0.4) is 0 Å². The van der Waals surface area contributed by atoms with Crippen LogP contribution in [0.15, 0.2) is 84.3 Å². The number of carbonyl (C=O) groups excluding carboxylic acids is 1. The highest BCUT2D eigenvalue weighted by Crippen LogP contribution is 2.40. The zero-order chi connectivity index (χ0) is 24.9. The van der Waals surface area contributed by atoms with Crippen molar-refractivity contribution in [2.45, 2.75) is 66.0 Å². The van der Waals surface area contributed by atoms with Crippen LogP contribution in [-0.4, -0.2) is 32.0 Å². The fraction of sp³-hybridized carbons (Fsp3) is 0.414. The van der Waals surface area contributed by atoms with Gasteiger partial charge in [0, 0.05) is 5.57 Å². The van der Waals surface area contributed by atoms with Crippen molar-refractivity contribution in [3.8, 4) is 0 Å². The molecular formula is C29H39NO3Si. The van der Waals surface area contributed by atoms with Crippen LogP contribution < -0.4 is 10.4 Å². The van der Waals surface area contributed by atoms with Crippen molar-refractivity contribution in [2.24, 2.45) is 5.92 Å². The van der Waals surface area contributed by atoms with Crippen molar-refractivity contribution in [3.63, 3.8) is 0 Å². The Bertz CT molecular complexity index is 983. The average molecular weight is 478 g/mol. The second kappa shape index (κ2) is 10.6. The largest absolute Gasteiger partial charge is 0.522 e. The van der Waals surface area contributed by atoms with Crippen LogP contribution in [0.2, 0.25) is 5.04 Å². The standard InChI is InChI=1S/C29H39NO3Si/c1-8-9-16-23(4)27(30-26(22(2)3)21-32-28(30)31)33-34(29(5,6)7,24-17-12-10-13-18-24)25-19-14-11-15-20-25/h9-20,22,26H,8,21H2,1-7H3/b16-9+,27-23+/t26-/m1/s1. The normalized spacial score (nSPS) is 17.8. The lowest BCUT2D eigenvalue weighted by Gasteiger charge is -2.45. The minimum Gasteiger partial charge on any atom is -0.522 e. The molecule has 0 aromatic heterocycles. The van der Waals surface area contributed by atoms with E-state index in [4.69, 9.17) is 9.16 Å². The van der Waals surface area contributed by atoms with E-state index in [9.17, 15) is 4.79 Å². The molecule has 0 radical (unpaired) electrons. The maximum atomic E-state index is 13.1. The predicted octanol–water partition coefficient (Wildman–Crippen LogP) is 6.24. The highest BCUT2D eigenvalue weighted by atomic mass is 28.4. The first-order chi connectivity index (χ1) is 16.1. The van der Waals surface area contributed by atoms with Crippen molar-refractivity contribution in [1.82, 2.24) is 4.90 Å². The maximum Gasteiger partial charge on any atom is 0.417 e. The first kappa shape index (κ1) is 25.8. The third-order valence-electron chi connectivity index (χ3n) is 6.50. The second-order valence-electron chi connectivity index (χ2n) is 10.3. The molecular weight excluding hydrogens is 438 g/mol. The summed E-state index contributed by atoms with van der Waals surface area (Å²) in [4.78, 5) is 14.9. The van der Waals surface area contributed by atoms with Gasteiger partial charge in [0.2, 0.25) is 0 Å². The molecule has 0 unspecified atom stereocenters. The van der Waals surface area contributed by atoms with Gasteiger partial charge in [0.25, 0.3) is 0 Å². The smallest absolute Gasteiger partial charge is 0.417 e. The summed E-state index contributed by atoms with van der Waals surface area (Å²) >= 11 is 0. The highest BCUT2D eigenvalue weighted by molar-refractivity contribution is 6.99. The molecule has 1 amide bonds. The molecule has 1 heterocycles. The average Bonchev–Trinajstić information content (AvgIpc) is 3.20. The van der Waals surface area contributed by atoms with E-state index in [2.05, 4.69) is 102 Å². The molecule has 5 heteroatoms. The number of ether oxygens (including phenoxy) is 1. The van der Waals surface area contributed by atoms with Gasteiger partial charge >= 0.3 is 14.4 Å². The first-order valence-electron chi connectivity index (χ1n) is 12.3. The lowest BCUT2D eigenvalue weighted by molar-refractivity contribution is 0.147. The van der Waals surface area contributed by atoms with Crippen LogP contribution in [0.5, 0.6) is 0 Å². The molecule has 0 saturated carbocycles. The summed E-state index contributed by atoms with van der Waals surface area (Å²) in [5.74, 6) is 0.840. The van der Waals surface area contributed by atoms with E-state index in [0.717, 1.165) is 12.0 Å². The minimum absolute atomic E-state index is 0.0781. The zero-order valence-electron chi connectivity index (χ0n) is 21.7. The van der Waals surface area contributed by atoms with Gasteiger partial charge in [-0.05, 0) is 34.7 Å². The summed E-state index contributed by atoms with van der Waals surface area (Å²) in [5, 5.41) is 2.13. The molecule has 4 nitrogen and oxygen atoms in total. The van der Waals surface area contributed by atoms with Gasteiger partial charge in [0.15, 0.2) is 5.88 Å². The van der Waals surface area contributed by atoms with Gasteiger partial charge in [-0.25, -0.2) is 9.69 Å². The quantitative estimate of drug-likeness (QED) is 0.257. The molecule has 34 heavy (non-hydrogen) atoms. The molecule has 182 valence electrons. The monoisotopic (exact) mass is 477 g/mol. The van der Waals surface area contributed by atoms with E-state index >= 15 is 0 Å². The third kappa shape index (κ3) is 5.00. The van der Waals surface area contributed by atoms with Crippen molar-refractivity contribution in [1.29, 1.82) is 0 Å². The number of benzene rings is 2. The van der Waals surface area contributed by atoms with Crippen molar-refractivity contribution in [3.05, 3.63) is 84.3 Å². The number of allylic oxidation sites excluding steroid dienone is 3. The predicted molar refractivity (Wildman–Crippen MR) is 143 cm³/mol. The van der Waals surface area contributed by atoms with Crippen LogP contribution in [-0.2, 0) is 9.16 Å². The molecule has 0 spiro atoms. The summed E-state index contributed by atoms with van der Waals surface area (Å²) < 4.78 is 12.9. The fourth-order valence-corrected chi connectivity index (χ4v) is 9.12. The van der Waals surface area contributed by atoms with E-state index in [1.807, 2.05) is 19.1 Å². The molecule has 2 aromatic carbocycles. The number of nitrogens with zero attached hydrogens (tertiary/aromatic N) is 1. The van der Waals surface area contributed by atoms with Gasteiger partial charge in [-0.2, -0.15) is 0 Å². The van der Waals surface area contributed by atoms with E-state index in [-0.39, 0.29) is 23.1 Å². The van der Waals surface area contributed by atoms with E-state index in [0.29, 0.717) is 12.5 Å². The number of amides is 1. The van der Waals surface area contributed by atoms with Gasteiger partial charge in [0.05, 0.1) is 6.04 Å². The summed E-state index contributed by atoms with van der Waals surface area (Å²) in [6, 6.07) is 21.0. The lowest BCUT2D eigenvalue weighted by atomic mass is 10.0. The topological polar surface area (TPSA) is 38.8 Å². The molecule has 1 fully saturated rings. The molecule has 1 aliphatic heterocycles. The molecule has 2 aromatic rings. The molecule has 3 rings (SSSR count). The molecule has 0 bridgehead atoms. The van der Waals surface area contributed by atoms with E-state index in [1.54, 1.807) is 4.90 Å². The molecule has 1 aliphatic rings. The molecule has 0 N–H and O–H groups in total. The van der Waals surface area contributed by atoms with Crippen LogP contribution in [0.4, 0.5) is 4.79 Å². The maximum absolute atomic E-state index is 13.1. The van der Waals surface area contributed by atoms with Crippen molar-refractivity contribution in [2.75, 3.05) is 6.61 Å². The number of rotatable bonds is 8. The summed E-state index contributed by atoms with van der Waals surface area (Å²) in [5.41, 5.74) is 0.930. The molecule has 1 saturated heterocycles. The van der Waals surface area contributed by atoms with Crippen LogP contribution in [0.25, 0.3) is 0 Å². The molecule has 1 atom stereocenters. The van der Waals surface area contributed by atoms with Crippen molar-refractivity contribution >= 4 is 24.8 Å². The van der Waals surface area contributed by atoms with Crippen LogP contribution >= 0.6 is 0 Å². The van der Waals surface area contributed by atoms with Crippen molar-refractivity contribution < 1.29 is 14.0 Å². The van der Waals surface area contributed by atoms with Gasteiger partial charge in [-0.15, -0.1) is 0 Å². The van der Waals surface area contributed by atoms with Gasteiger partial charge in [-0.1, -0.05) is 114 Å². The molecule has 0 aliphatic carbocycles. The number of hydrogen-bond acceptors (Lipinski definition) is 3. The first-order valence-corrected chi connectivity index (χ1v) is 14.2. The summed E-state index contributed by atoms with van der Waals surface area (Å²) in [7, 11) is -2.92. The Balaban J connectivity index is 2.32. The van der Waals surface area contributed by atoms with E-state index in [1.165, 1.54) is 10.4 Å². The fourth-order valence-electron chi connectivity index (χ4n) is 4.64. The van der Waals surface area contributed by atoms with Gasteiger partial charge in [0.1, 0.15) is 6.61 Å². The van der Waals surface area contributed by atoms with Crippen LogP contribution in [0, 0.1) is 5.92 Å². The van der Waals surface area contributed by atoms with E-state index < -0.39 is 8.32 Å². The second-order valence-corrected chi connectivity index (χ2v) is 14.5. The van der Waals surface area contributed by atoms with Gasteiger partial charge in [-0.3, -0.25) is 0 Å². The van der Waals surface area contributed by atoms with Gasteiger partial charge < -0.3 is 9.16 Å². The Morgan fingerprint density at radius 2 is 1.62 bits per heavy atom. The Hall–Kier alpha value is -2.79. The Morgan fingerprint density at radius 1 is 1.09 bits per heavy atom. The Labute approximate surface area is 206 Å². The number of carbonyl (C=O) groups is 1. The summed E-state index contributed by atoms with van der Waals surface area (Å²) in [6.45, 7) is 15.5. The number of hydrogen-bond donors (Lipinski definition) is 0. The lowest BCUT2D eigenvalue weighted by Crippen LogP contribution is -2.67. The third-order valence-corrected chi connectivity index (χ3v) is 11.4. The van der Waals surface area contributed by atoms with Crippen LogP contribution in [0.1, 0.15) is 54.9 Å². The SMILES string of the molecule is CC/C=C/C(C)=C(/O[Si](c1ccccc1)(c1ccccc1)C(C)(C)C)N1C(=O)OC[C@@H]1C(C)C.